The molecule has 0 amide bonds. The molecular weight excluding hydrogens is 304 g/mol. The maximum atomic E-state index is 10.4. The number of nitrogens with two attached hydrogens (primary N) is 2. The minimum atomic E-state index is -0.0305. The van der Waals surface area contributed by atoms with Crippen LogP contribution in [-0.2, 0) is 0 Å². The van der Waals surface area contributed by atoms with Gasteiger partial charge in [-0.1, -0.05) is 12.1 Å². The zero-order valence-corrected chi connectivity index (χ0v) is 13.1. The van der Waals surface area contributed by atoms with Crippen LogP contribution >= 0.6 is 0 Å². The molecule has 7 N–H and O–H groups in total. The van der Waals surface area contributed by atoms with Gasteiger partial charge in [-0.3, -0.25) is 0 Å². The van der Waals surface area contributed by atoms with E-state index in [1.54, 1.807) is 36.4 Å². The largest absolute Gasteiger partial charge is 0.507 e. The summed E-state index contributed by atoms with van der Waals surface area (Å²) >= 11 is 0. The van der Waals surface area contributed by atoms with Crippen molar-refractivity contribution >= 4 is 11.4 Å². The second kappa shape index (κ2) is 5.70. The van der Waals surface area contributed by atoms with Gasteiger partial charge < -0.3 is 26.8 Å². The quantitative estimate of drug-likeness (QED) is 0.365. The average Bonchev–Trinajstić information content (AvgIpc) is 2.54. The number of phenolic OH excluding ortho intramolecular Hbond substituents is 3. The summed E-state index contributed by atoms with van der Waals surface area (Å²) in [5.41, 5.74) is 15.5. The van der Waals surface area contributed by atoms with Crippen LogP contribution < -0.4 is 11.5 Å². The summed E-state index contributed by atoms with van der Waals surface area (Å²) in [6.45, 7) is 1.91. The molecule has 0 saturated carbocycles. The van der Waals surface area contributed by atoms with E-state index in [4.69, 9.17) is 11.5 Å². The van der Waals surface area contributed by atoms with Crippen molar-refractivity contribution in [2.45, 2.75) is 6.92 Å². The van der Waals surface area contributed by atoms with Crippen molar-refractivity contribution in [2.24, 2.45) is 0 Å². The van der Waals surface area contributed by atoms with Gasteiger partial charge in [0.2, 0.25) is 0 Å². The van der Waals surface area contributed by atoms with Crippen LogP contribution in [0.5, 0.6) is 17.2 Å². The molecule has 0 saturated heterocycles. The molecule has 3 aromatic carbocycles. The van der Waals surface area contributed by atoms with E-state index in [0.717, 1.165) is 16.7 Å². The highest BCUT2D eigenvalue weighted by molar-refractivity contribution is 5.81. The molecule has 5 nitrogen and oxygen atoms in total. The molecule has 0 unspecified atom stereocenters. The van der Waals surface area contributed by atoms with Crippen LogP contribution in [0.2, 0.25) is 0 Å². The molecule has 122 valence electrons. The van der Waals surface area contributed by atoms with E-state index in [-0.39, 0.29) is 22.9 Å². The molecule has 0 fully saturated rings. The Balaban J connectivity index is 2.11. The lowest BCUT2D eigenvalue weighted by Gasteiger charge is -2.13. The fraction of sp³-hybridized carbons (Fsp3) is 0.0526. The molecule has 3 rings (SSSR count). The second-order valence-electron chi connectivity index (χ2n) is 5.73. The van der Waals surface area contributed by atoms with Crippen molar-refractivity contribution in [2.75, 3.05) is 11.5 Å². The standard InChI is InChI=1S/C19H18N2O3/c1-10-6-14(12-3-5-16(21)19(24)8-12)17(22)9-13(10)11-2-4-15(20)18(23)7-11/h2-9,22-24H,20-21H2,1H3. The molecule has 0 bridgehead atoms. The number of hydrogen-bond acceptors (Lipinski definition) is 5. The van der Waals surface area contributed by atoms with E-state index in [2.05, 4.69) is 0 Å². The van der Waals surface area contributed by atoms with Crippen LogP contribution in [0.1, 0.15) is 5.56 Å². The van der Waals surface area contributed by atoms with Gasteiger partial charge in [0, 0.05) is 5.56 Å². The predicted octanol–water partition coefficient (Wildman–Crippen LogP) is 3.61. The molecule has 0 aromatic heterocycles. The Labute approximate surface area is 139 Å². The van der Waals surface area contributed by atoms with Crippen molar-refractivity contribution in [3.05, 3.63) is 54.1 Å². The topological polar surface area (TPSA) is 113 Å². The summed E-state index contributed by atoms with van der Waals surface area (Å²) in [6.07, 6.45) is 0. The normalized spacial score (nSPS) is 10.7. The lowest BCUT2D eigenvalue weighted by Crippen LogP contribution is -1.90. The highest BCUT2D eigenvalue weighted by atomic mass is 16.3. The van der Waals surface area contributed by atoms with Crippen molar-refractivity contribution in [3.63, 3.8) is 0 Å². The van der Waals surface area contributed by atoms with Gasteiger partial charge in [0.05, 0.1) is 11.4 Å². The van der Waals surface area contributed by atoms with Crippen LogP contribution in [0.15, 0.2) is 48.5 Å². The Bertz CT molecular complexity index is 859. The van der Waals surface area contributed by atoms with Crippen molar-refractivity contribution in [3.8, 4) is 39.5 Å². The first kappa shape index (κ1) is 15.6. The van der Waals surface area contributed by atoms with Crippen molar-refractivity contribution in [1.29, 1.82) is 0 Å². The van der Waals surface area contributed by atoms with Crippen molar-refractivity contribution in [1.82, 2.24) is 0 Å². The number of hydrogen-bond donors (Lipinski definition) is 5. The van der Waals surface area contributed by atoms with Gasteiger partial charge in [-0.05, 0) is 65.6 Å². The summed E-state index contributed by atoms with van der Waals surface area (Å²) in [7, 11) is 0. The van der Waals surface area contributed by atoms with Gasteiger partial charge in [0.1, 0.15) is 17.2 Å². The van der Waals surface area contributed by atoms with Crippen LogP contribution in [0.4, 0.5) is 11.4 Å². The molecule has 0 aliphatic carbocycles. The number of aryl methyl sites for hydroxylation is 1. The Morgan fingerprint density at radius 3 is 1.62 bits per heavy atom. The second-order valence-corrected chi connectivity index (χ2v) is 5.73. The number of rotatable bonds is 2. The summed E-state index contributed by atoms with van der Waals surface area (Å²) in [5.74, 6) is 0.0343. The Kier molecular flexibility index (Phi) is 3.69. The third kappa shape index (κ3) is 2.67. The molecule has 0 atom stereocenters. The SMILES string of the molecule is Cc1cc(-c2ccc(N)c(O)c2)c(O)cc1-c1ccc(N)c(O)c1. The highest BCUT2D eigenvalue weighted by Gasteiger charge is 2.12. The minimum absolute atomic E-state index is 0.000997. The molecule has 3 aromatic rings. The average molecular weight is 322 g/mol. The smallest absolute Gasteiger partial charge is 0.139 e. The molecule has 0 aliphatic rings. The van der Waals surface area contributed by atoms with E-state index in [1.807, 2.05) is 13.0 Å². The number of anilines is 2. The van der Waals surface area contributed by atoms with E-state index in [0.29, 0.717) is 16.8 Å². The number of phenols is 3. The van der Waals surface area contributed by atoms with Gasteiger partial charge in [0.25, 0.3) is 0 Å². The lowest BCUT2D eigenvalue weighted by atomic mass is 9.94. The molecule has 0 aliphatic heterocycles. The molecule has 0 heterocycles. The van der Waals surface area contributed by atoms with Gasteiger partial charge in [0.15, 0.2) is 0 Å². The first-order valence-corrected chi connectivity index (χ1v) is 7.38. The Hall–Kier alpha value is -3.34. The Morgan fingerprint density at radius 2 is 1.12 bits per heavy atom. The molecule has 0 spiro atoms. The van der Waals surface area contributed by atoms with E-state index < -0.39 is 0 Å². The third-order valence-electron chi connectivity index (χ3n) is 4.03. The maximum absolute atomic E-state index is 10.4. The van der Waals surface area contributed by atoms with Crippen LogP contribution in [-0.4, -0.2) is 15.3 Å². The molecule has 5 heteroatoms. The van der Waals surface area contributed by atoms with Gasteiger partial charge in [-0.2, -0.15) is 0 Å². The fourth-order valence-corrected chi connectivity index (χ4v) is 2.66. The fourth-order valence-electron chi connectivity index (χ4n) is 2.66. The first-order valence-electron chi connectivity index (χ1n) is 7.38. The van der Waals surface area contributed by atoms with Gasteiger partial charge in [-0.25, -0.2) is 0 Å². The summed E-state index contributed by atoms with van der Waals surface area (Å²) in [6, 6.07) is 13.2. The first-order chi connectivity index (χ1) is 11.4. The predicted molar refractivity (Wildman–Crippen MR) is 95.9 cm³/mol. The van der Waals surface area contributed by atoms with Crippen LogP contribution in [0.3, 0.4) is 0 Å². The third-order valence-corrected chi connectivity index (χ3v) is 4.03. The summed E-state index contributed by atoms with van der Waals surface area (Å²) in [5, 5.41) is 30.0. The van der Waals surface area contributed by atoms with E-state index in [9.17, 15) is 15.3 Å². The molecular formula is C19H18N2O3. The van der Waals surface area contributed by atoms with Crippen molar-refractivity contribution < 1.29 is 15.3 Å². The molecule has 24 heavy (non-hydrogen) atoms. The summed E-state index contributed by atoms with van der Waals surface area (Å²) < 4.78 is 0. The number of benzene rings is 3. The van der Waals surface area contributed by atoms with Crippen LogP contribution in [0, 0.1) is 6.92 Å². The van der Waals surface area contributed by atoms with Crippen LogP contribution in [0.25, 0.3) is 22.3 Å². The Morgan fingerprint density at radius 1 is 0.625 bits per heavy atom. The zero-order valence-electron chi connectivity index (χ0n) is 13.1. The van der Waals surface area contributed by atoms with Gasteiger partial charge >= 0.3 is 0 Å². The zero-order chi connectivity index (χ0) is 17.4. The highest BCUT2D eigenvalue weighted by Crippen LogP contribution is 2.39. The number of aromatic hydroxyl groups is 3. The summed E-state index contributed by atoms with van der Waals surface area (Å²) in [4.78, 5) is 0. The lowest BCUT2D eigenvalue weighted by molar-refractivity contribution is 0.475. The van der Waals surface area contributed by atoms with E-state index >= 15 is 0 Å². The monoisotopic (exact) mass is 322 g/mol. The maximum Gasteiger partial charge on any atom is 0.139 e. The minimum Gasteiger partial charge on any atom is -0.507 e. The van der Waals surface area contributed by atoms with E-state index in [1.165, 1.54) is 6.07 Å². The van der Waals surface area contributed by atoms with Gasteiger partial charge in [-0.15, -0.1) is 0 Å². The molecule has 0 radical (unpaired) electrons. The number of nitrogen functional groups attached to an aromatic ring is 2.